The van der Waals surface area contributed by atoms with Crippen molar-refractivity contribution in [3.8, 4) is 5.75 Å². The largest absolute Gasteiger partial charge is 0.490 e. The Balaban J connectivity index is 1.14. The average molecular weight is 549 g/mol. The summed E-state index contributed by atoms with van der Waals surface area (Å²) in [7, 11) is 1.75. The van der Waals surface area contributed by atoms with E-state index in [0.717, 1.165) is 69.0 Å². The average Bonchev–Trinajstić information content (AvgIpc) is 2.99. The molecular formula is C33H41FN2O4. The number of nitrogens with zero attached hydrogens (tertiary/aromatic N) is 1. The first-order valence-electron chi connectivity index (χ1n) is 14.4. The number of piperidine rings is 1. The standard InChI is InChI=1S/C33H41FN2O4/c1-37-17-3-15-36-16-19-39-32-11-8-27(21-31(32)36)24-40-33-22-35-14-12-30(33)28-9-6-25(7-10-28)13-18-38-23-26-4-2-5-29(34)20-26/h2,4-11,20-21,30,33,35H,3,12-19,22-24H2,1H3. The summed E-state index contributed by atoms with van der Waals surface area (Å²) in [5.41, 5.74) is 5.73. The van der Waals surface area contributed by atoms with Crippen molar-refractivity contribution in [1.29, 1.82) is 0 Å². The van der Waals surface area contributed by atoms with E-state index in [2.05, 4.69) is 52.7 Å². The lowest BCUT2D eigenvalue weighted by Crippen LogP contribution is -2.41. The van der Waals surface area contributed by atoms with Crippen LogP contribution in [0, 0.1) is 5.82 Å². The van der Waals surface area contributed by atoms with Crippen molar-refractivity contribution in [2.24, 2.45) is 0 Å². The Hall–Kier alpha value is -2.97. The van der Waals surface area contributed by atoms with E-state index in [9.17, 15) is 4.39 Å². The summed E-state index contributed by atoms with van der Waals surface area (Å²) in [6.07, 6.45) is 2.98. The second-order valence-electron chi connectivity index (χ2n) is 10.6. The number of methoxy groups -OCH3 is 1. The molecule has 0 radical (unpaired) electrons. The van der Waals surface area contributed by atoms with Crippen molar-refractivity contribution in [2.45, 2.75) is 44.5 Å². The second-order valence-corrected chi connectivity index (χ2v) is 10.6. The molecular weight excluding hydrogens is 507 g/mol. The van der Waals surface area contributed by atoms with Crippen molar-refractivity contribution in [3.63, 3.8) is 0 Å². The highest BCUT2D eigenvalue weighted by molar-refractivity contribution is 5.61. The third kappa shape index (κ3) is 7.82. The first-order valence-corrected chi connectivity index (χ1v) is 14.4. The number of benzene rings is 3. The third-order valence-corrected chi connectivity index (χ3v) is 7.75. The van der Waals surface area contributed by atoms with Gasteiger partial charge >= 0.3 is 0 Å². The van der Waals surface area contributed by atoms with Gasteiger partial charge in [0.25, 0.3) is 0 Å². The van der Waals surface area contributed by atoms with Crippen LogP contribution in [0.25, 0.3) is 0 Å². The van der Waals surface area contributed by atoms with E-state index < -0.39 is 0 Å². The lowest BCUT2D eigenvalue weighted by Gasteiger charge is -2.33. The lowest BCUT2D eigenvalue weighted by molar-refractivity contribution is 0.0106. The Kier molecular flexibility index (Phi) is 10.4. The number of rotatable bonds is 13. The van der Waals surface area contributed by atoms with Gasteiger partial charge in [0.05, 0.1) is 38.2 Å². The van der Waals surface area contributed by atoms with Crippen LogP contribution in [-0.4, -0.2) is 59.2 Å². The number of ether oxygens (including phenoxy) is 4. The van der Waals surface area contributed by atoms with Gasteiger partial charge in [-0.2, -0.15) is 0 Å². The summed E-state index contributed by atoms with van der Waals surface area (Å²) in [5, 5.41) is 3.51. The highest BCUT2D eigenvalue weighted by Crippen LogP contribution is 2.34. The maximum absolute atomic E-state index is 13.3. The van der Waals surface area contributed by atoms with E-state index >= 15 is 0 Å². The van der Waals surface area contributed by atoms with Crippen molar-refractivity contribution >= 4 is 5.69 Å². The molecule has 6 nitrogen and oxygen atoms in total. The van der Waals surface area contributed by atoms with Gasteiger partial charge in [0.15, 0.2) is 0 Å². The molecule has 214 valence electrons. The van der Waals surface area contributed by atoms with Crippen LogP contribution in [0.5, 0.6) is 5.75 Å². The van der Waals surface area contributed by atoms with Crippen molar-refractivity contribution in [1.82, 2.24) is 5.32 Å². The summed E-state index contributed by atoms with van der Waals surface area (Å²) in [6.45, 7) is 6.76. The number of hydrogen-bond acceptors (Lipinski definition) is 6. The number of anilines is 1. The molecule has 2 aliphatic heterocycles. The molecule has 3 aromatic rings. The summed E-state index contributed by atoms with van der Waals surface area (Å²) >= 11 is 0. The maximum atomic E-state index is 13.3. The van der Waals surface area contributed by atoms with Crippen molar-refractivity contribution in [2.75, 3.05) is 58.0 Å². The van der Waals surface area contributed by atoms with E-state index in [0.29, 0.717) is 32.3 Å². The zero-order chi connectivity index (χ0) is 27.6. The SMILES string of the molecule is COCCCN1CCOc2ccc(COC3CNCCC3c3ccc(CCOCc4cccc(F)c4)cc3)cc21. The zero-order valence-electron chi connectivity index (χ0n) is 23.4. The predicted molar refractivity (Wildman–Crippen MR) is 156 cm³/mol. The van der Waals surface area contributed by atoms with Crippen LogP contribution in [0.2, 0.25) is 0 Å². The van der Waals surface area contributed by atoms with Gasteiger partial charge in [-0.25, -0.2) is 4.39 Å². The lowest BCUT2D eigenvalue weighted by atomic mass is 9.87. The zero-order valence-corrected chi connectivity index (χ0v) is 23.4. The van der Waals surface area contributed by atoms with E-state index in [1.165, 1.54) is 28.8 Å². The Morgan fingerprint density at radius 3 is 2.67 bits per heavy atom. The molecule has 2 heterocycles. The molecule has 40 heavy (non-hydrogen) atoms. The van der Waals surface area contributed by atoms with Crippen LogP contribution >= 0.6 is 0 Å². The van der Waals surface area contributed by atoms with Gasteiger partial charge in [0.1, 0.15) is 18.2 Å². The van der Waals surface area contributed by atoms with Gasteiger partial charge < -0.3 is 29.2 Å². The number of halogens is 1. The molecule has 0 aromatic heterocycles. The van der Waals surface area contributed by atoms with E-state index in [1.807, 2.05) is 6.07 Å². The topological polar surface area (TPSA) is 52.2 Å². The van der Waals surface area contributed by atoms with Crippen molar-refractivity contribution < 1.29 is 23.3 Å². The van der Waals surface area contributed by atoms with Crippen LogP contribution in [0.3, 0.4) is 0 Å². The molecule has 2 aliphatic rings. The molecule has 0 saturated carbocycles. The Morgan fingerprint density at radius 2 is 1.82 bits per heavy atom. The molecule has 0 aliphatic carbocycles. The summed E-state index contributed by atoms with van der Waals surface area (Å²) < 4.78 is 36.8. The van der Waals surface area contributed by atoms with Gasteiger partial charge in [-0.3, -0.25) is 0 Å². The van der Waals surface area contributed by atoms with E-state index in [-0.39, 0.29) is 11.9 Å². The molecule has 1 saturated heterocycles. The highest BCUT2D eigenvalue weighted by atomic mass is 19.1. The van der Waals surface area contributed by atoms with Crippen LogP contribution in [-0.2, 0) is 33.8 Å². The van der Waals surface area contributed by atoms with E-state index in [4.69, 9.17) is 18.9 Å². The Morgan fingerprint density at radius 1 is 0.975 bits per heavy atom. The molecule has 0 spiro atoms. The molecule has 2 unspecified atom stereocenters. The summed E-state index contributed by atoms with van der Waals surface area (Å²) in [4.78, 5) is 2.39. The molecule has 2 atom stereocenters. The molecule has 7 heteroatoms. The number of nitrogens with one attached hydrogen (secondary N) is 1. The van der Waals surface area contributed by atoms with Gasteiger partial charge in [-0.1, -0.05) is 42.5 Å². The number of hydrogen-bond donors (Lipinski definition) is 1. The second kappa shape index (κ2) is 14.6. The van der Waals surface area contributed by atoms with Gasteiger partial charge in [0, 0.05) is 32.7 Å². The summed E-state index contributed by atoms with van der Waals surface area (Å²) in [5.74, 6) is 1.07. The van der Waals surface area contributed by atoms with Crippen LogP contribution in [0.1, 0.15) is 41.0 Å². The van der Waals surface area contributed by atoms with Crippen LogP contribution in [0.15, 0.2) is 66.7 Å². The van der Waals surface area contributed by atoms with E-state index in [1.54, 1.807) is 13.2 Å². The monoisotopic (exact) mass is 548 g/mol. The molecule has 1 N–H and O–H groups in total. The smallest absolute Gasteiger partial charge is 0.142 e. The first kappa shape index (κ1) is 28.6. The Bertz CT molecular complexity index is 1210. The molecule has 5 rings (SSSR count). The fourth-order valence-electron chi connectivity index (χ4n) is 5.57. The third-order valence-electron chi connectivity index (χ3n) is 7.75. The minimum absolute atomic E-state index is 0.110. The normalized spacial score (nSPS) is 18.8. The molecule has 1 fully saturated rings. The minimum atomic E-state index is -0.227. The minimum Gasteiger partial charge on any atom is -0.490 e. The predicted octanol–water partition coefficient (Wildman–Crippen LogP) is 5.48. The Labute approximate surface area is 237 Å². The quantitative estimate of drug-likeness (QED) is 0.286. The van der Waals surface area contributed by atoms with Crippen molar-refractivity contribution in [3.05, 3.63) is 94.8 Å². The summed E-state index contributed by atoms with van der Waals surface area (Å²) in [6, 6.07) is 21.9. The van der Waals surface area contributed by atoms with Gasteiger partial charge in [0.2, 0.25) is 0 Å². The fraction of sp³-hybridized carbons (Fsp3) is 0.455. The molecule has 0 amide bonds. The maximum Gasteiger partial charge on any atom is 0.142 e. The van der Waals surface area contributed by atoms with Crippen LogP contribution in [0.4, 0.5) is 10.1 Å². The highest BCUT2D eigenvalue weighted by Gasteiger charge is 2.27. The fourth-order valence-corrected chi connectivity index (χ4v) is 5.57. The number of fused-ring (bicyclic) bond motifs is 1. The van der Waals surface area contributed by atoms with Gasteiger partial charge in [-0.15, -0.1) is 0 Å². The first-order chi connectivity index (χ1) is 19.7. The van der Waals surface area contributed by atoms with Crippen LogP contribution < -0.4 is 15.0 Å². The molecule has 3 aromatic carbocycles. The van der Waals surface area contributed by atoms with Gasteiger partial charge in [-0.05, 0) is 72.3 Å². The molecule has 0 bridgehead atoms.